The van der Waals surface area contributed by atoms with E-state index in [0.29, 0.717) is 32.5 Å². The van der Waals surface area contributed by atoms with Crippen LogP contribution in [0.15, 0.2) is 30.7 Å². The second kappa shape index (κ2) is 7.55. The lowest BCUT2D eigenvalue weighted by atomic mass is 9.97. The molecule has 0 aliphatic carbocycles. The fourth-order valence-corrected chi connectivity index (χ4v) is 3.95. The molecule has 1 saturated heterocycles. The molecule has 9 heteroatoms. The summed E-state index contributed by atoms with van der Waals surface area (Å²) >= 11 is 0. The van der Waals surface area contributed by atoms with Gasteiger partial charge in [-0.05, 0) is 30.5 Å². The largest absolute Gasteiger partial charge is 0.352 e. The summed E-state index contributed by atoms with van der Waals surface area (Å²) in [6.07, 6.45) is 7.66. The third kappa shape index (κ3) is 4.47. The number of piperidine rings is 1. The summed E-state index contributed by atoms with van der Waals surface area (Å²) in [4.78, 5) is 16.7. The third-order valence-electron chi connectivity index (χ3n) is 4.59. The van der Waals surface area contributed by atoms with Crippen molar-refractivity contribution in [3.8, 4) is 11.3 Å². The SMILES string of the molecule is Cn1cc(-c2cc(CNC(=O)C3CCN(S(C)(=O)=O)CC3)ccn2)cn1. The van der Waals surface area contributed by atoms with Crippen molar-refractivity contribution in [1.29, 1.82) is 0 Å². The van der Waals surface area contributed by atoms with Crippen LogP contribution >= 0.6 is 0 Å². The number of rotatable bonds is 5. The van der Waals surface area contributed by atoms with Gasteiger partial charge in [-0.1, -0.05) is 0 Å². The standard InChI is InChI=1S/C17H23N5O3S/c1-21-12-15(11-20-21)16-9-13(3-6-18-16)10-19-17(23)14-4-7-22(8-5-14)26(2,24)25/h3,6,9,11-12,14H,4-5,7-8,10H2,1-2H3,(H,19,23). The molecule has 26 heavy (non-hydrogen) atoms. The van der Waals surface area contributed by atoms with E-state index in [1.807, 2.05) is 25.4 Å². The van der Waals surface area contributed by atoms with Crippen LogP contribution in [0.4, 0.5) is 0 Å². The number of hydrogen-bond acceptors (Lipinski definition) is 5. The molecule has 0 radical (unpaired) electrons. The fraction of sp³-hybridized carbons (Fsp3) is 0.471. The molecule has 1 aliphatic heterocycles. The topological polar surface area (TPSA) is 97.2 Å². The van der Waals surface area contributed by atoms with Crippen molar-refractivity contribution in [1.82, 2.24) is 24.4 Å². The number of carbonyl (C=O) groups excluding carboxylic acids is 1. The Morgan fingerprint density at radius 3 is 2.69 bits per heavy atom. The van der Waals surface area contributed by atoms with Crippen LogP contribution in [-0.4, -0.2) is 52.7 Å². The van der Waals surface area contributed by atoms with E-state index >= 15 is 0 Å². The van der Waals surface area contributed by atoms with Gasteiger partial charge < -0.3 is 5.32 Å². The number of amides is 1. The van der Waals surface area contributed by atoms with E-state index in [9.17, 15) is 13.2 Å². The average Bonchev–Trinajstić information content (AvgIpc) is 3.06. The lowest BCUT2D eigenvalue weighted by Crippen LogP contribution is -2.42. The molecule has 3 rings (SSSR count). The molecule has 0 atom stereocenters. The normalized spacial score (nSPS) is 16.5. The van der Waals surface area contributed by atoms with Gasteiger partial charge in [0, 0.05) is 50.6 Å². The van der Waals surface area contributed by atoms with Gasteiger partial charge in [-0.25, -0.2) is 12.7 Å². The molecule has 0 bridgehead atoms. The molecule has 1 amide bonds. The van der Waals surface area contributed by atoms with Crippen molar-refractivity contribution < 1.29 is 13.2 Å². The van der Waals surface area contributed by atoms with E-state index in [0.717, 1.165) is 16.8 Å². The van der Waals surface area contributed by atoms with E-state index in [2.05, 4.69) is 15.4 Å². The Morgan fingerprint density at radius 1 is 1.35 bits per heavy atom. The number of sulfonamides is 1. The summed E-state index contributed by atoms with van der Waals surface area (Å²) in [6, 6.07) is 3.80. The molecule has 1 aliphatic rings. The number of hydrogen-bond donors (Lipinski definition) is 1. The molecule has 8 nitrogen and oxygen atoms in total. The molecule has 1 N–H and O–H groups in total. The Kier molecular flexibility index (Phi) is 5.38. The first kappa shape index (κ1) is 18.5. The molecule has 140 valence electrons. The molecule has 1 fully saturated rings. The molecule has 3 heterocycles. The van der Waals surface area contributed by atoms with Crippen LogP contribution < -0.4 is 5.32 Å². The lowest BCUT2D eigenvalue weighted by molar-refractivity contribution is -0.126. The van der Waals surface area contributed by atoms with Crippen molar-refractivity contribution in [2.75, 3.05) is 19.3 Å². The van der Waals surface area contributed by atoms with E-state index in [-0.39, 0.29) is 11.8 Å². The van der Waals surface area contributed by atoms with Gasteiger partial charge in [0.25, 0.3) is 0 Å². The highest BCUT2D eigenvalue weighted by Gasteiger charge is 2.28. The van der Waals surface area contributed by atoms with Gasteiger partial charge in [0.05, 0.1) is 18.1 Å². The minimum absolute atomic E-state index is 0.0297. The first-order valence-electron chi connectivity index (χ1n) is 8.50. The second-order valence-corrected chi connectivity index (χ2v) is 8.59. The van der Waals surface area contributed by atoms with Gasteiger partial charge in [0.1, 0.15) is 0 Å². The van der Waals surface area contributed by atoms with E-state index in [1.54, 1.807) is 17.1 Å². The summed E-state index contributed by atoms with van der Waals surface area (Å²) in [6.45, 7) is 1.22. The van der Waals surface area contributed by atoms with Gasteiger partial charge in [-0.15, -0.1) is 0 Å². The summed E-state index contributed by atoms with van der Waals surface area (Å²) in [5, 5.41) is 7.09. The number of pyridine rings is 1. The Balaban J connectivity index is 1.55. The first-order chi connectivity index (χ1) is 12.3. The molecular formula is C17H23N5O3S. The van der Waals surface area contributed by atoms with E-state index in [4.69, 9.17) is 0 Å². The minimum Gasteiger partial charge on any atom is -0.352 e. The van der Waals surface area contributed by atoms with Crippen LogP contribution in [0, 0.1) is 5.92 Å². The highest BCUT2D eigenvalue weighted by molar-refractivity contribution is 7.88. The Morgan fingerprint density at radius 2 is 2.08 bits per heavy atom. The number of aryl methyl sites for hydroxylation is 1. The summed E-state index contributed by atoms with van der Waals surface area (Å²) < 4.78 is 26.2. The maximum atomic E-state index is 12.4. The molecule has 0 aromatic carbocycles. The second-order valence-electron chi connectivity index (χ2n) is 6.61. The first-order valence-corrected chi connectivity index (χ1v) is 10.3. The van der Waals surface area contributed by atoms with Crippen LogP contribution in [0.3, 0.4) is 0 Å². The predicted molar refractivity (Wildman–Crippen MR) is 97.4 cm³/mol. The summed E-state index contributed by atoms with van der Waals surface area (Å²) in [7, 11) is -1.32. The van der Waals surface area contributed by atoms with Crippen LogP contribution in [-0.2, 0) is 28.4 Å². The van der Waals surface area contributed by atoms with Crippen molar-refractivity contribution in [3.05, 3.63) is 36.3 Å². The number of nitrogens with zero attached hydrogens (tertiary/aromatic N) is 4. The predicted octanol–water partition coefficient (Wildman–Crippen LogP) is 0.770. The molecule has 2 aromatic heterocycles. The molecule has 0 saturated carbocycles. The van der Waals surface area contributed by atoms with Gasteiger partial charge in [-0.2, -0.15) is 5.10 Å². The van der Waals surface area contributed by atoms with Gasteiger partial charge >= 0.3 is 0 Å². The van der Waals surface area contributed by atoms with Gasteiger partial charge in [0.15, 0.2) is 0 Å². The maximum Gasteiger partial charge on any atom is 0.223 e. The van der Waals surface area contributed by atoms with Crippen LogP contribution in [0.1, 0.15) is 18.4 Å². The smallest absolute Gasteiger partial charge is 0.223 e. The highest BCUT2D eigenvalue weighted by Crippen LogP contribution is 2.20. The maximum absolute atomic E-state index is 12.4. The van der Waals surface area contributed by atoms with E-state index < -0.39 is 10.0 Å². The Labute approximate surface area is 153 Å². The number of aromatic nitrogens is 3. The number of nitrogens with one attached hydrogen (secondary N) is 1. The molecule has 0 spiro atoms. The molecule has 0 unspecified atom stereocenters. The molecule has 2 aromatic rings. The Bertz CT molecular complexity index is 885. The zero-order chi connectivity index (χ0) is 18.7. The Hall–Kier alpha value is -2.26. The number of carbonyl (C=O) groups is 1. The van der Waals surface area contributed by atoms with Gasteiger partial charge in [0.2, 0.25) is 15.9 Å². The summed E-state index contributed by atoms with van der Waals surface area (Å²) in [5.41, 5.74) is 2.70. The molecular weight excluding hydrogens is 354 g/mol. The van der Waals surface area contributed by atoms with Crippen molar-refractivity contribution >= 4 is 15.9 Å². The van der Waals surface area contributed by atoms with Crippen LogP contribution in [0.5, 0.6) is 0 Å². The summed E-state index contributed by atoms with van der Waals surface area (Å²) in [5.74, 6) is -0.175. The van der Waals surface area contributed by atoms with Crippen molar-refractivity contribution in [2.45, 2.75) is 19.4 Å². The van der Waals surface area contributed by atoms with Crippen molar-refractivity contribution in [2.24, 2.45) is 13.0 Å². The quantitative estimate of drug-likeness (QED) is 0.830. The monoisotopic (exact) mass is 377 g/mol. The van der Waals surface area contributed by atoms with Crippen LogP contribution in [0.25, 0.3) is 11.3 Å². The lowest BCUT2D eigenvalue weighted by Gasteiger charge is -2.29. The van der Waals surface area contributed by atoms with E-state index in [1.165, 1.54) is 10.6 Å². The third-order valence-corrected chi connectivity index (χ3v) is 5.89. The minimum atomic E-state index is -3.17. The highest BCUT2D eigenvalue weighted by atomic mass is 32.2. The van der Waals surface area contributed by atoms with Crippen LogP contribution in [0.2, 0.25) is 0 Å². The zero-order valence-corrected chi connectivity index (χ0v) is 15.7. The zero-order valence-electron chi connectivity index (χ0n) is 14.9. The van der Waals surface area contributed by atoms with Gasteiger partial charge in [-0.3, -0.25) is 14.5 Å². The fourth-order valence-electron chi connectivity index (χ4n) is 3.08. The average molecular weight is 377 g/mol. The van der Waals surface area contributed by atoms with Crippen molar-refractivity contribution in [3.63, 3.8) is 0 Å².